The highest BCUT2D eigenvalue weighted by Crippen LogP contribution is 2.34. The molecule has 16 heavy (non-hydrogen) atoms. The number of carbonyl (C=O) groups is 1. The Bertz CT molecular complexity index is 227. The van der Waals surface area contributed by atoms with E-state index >= 15 is 0 Å². The van der Waals surface area contributed by atoms with Crippen LogP contribution in [0, 0.1) is 5.92 Å². The Morgan fingerprint density at radius 1 is 1.19 bits per heavy atom. The zero-order chi connectivity index (χ0) is 12.2. The van der Waals surface area contributed by atoms with Gasteiger partial charge in [-0.15, -0.1) is 0 Å². The van der Waals surface area contributed by atoms with Gasteiger partial charge in [-0.05, 0) is 39.3 Å². The van der Waals surface area contributed by atoms with Gasteiger partial charge in [0.05, 0.1) is 5.54 Å². The Morgan fingerprint density at radius 2 is 1.75 bits per heavy atom. The van der Waals surface area contributed by atoms with Crippen molar-refractivity contribution in [3.05, 3.63) is 0 Å². The monoisotopic (exact) mass is 225 g/mol. The number of hydrogen-bond acceptors (Lipinski definition) is 2. The fourth-order valence-corrected chi connectivity index (χ4v) is 2.76. The van der Waals surface area contributed by atoms with Crippen molar-refractivity contribution in [3.63, 3.8) is 0 Å². The van der Waals surface area contributed by atoms with Crippen LogP contribution in [0.25, 0.3) is 0 Å². The second-order valence-electron chi connectivity index (χ2n) is 5.84. The average Bonchev–Trinajstić information content (AvgIpc) is 2.26. The molecule has 1 rings (SSSR count). The Kier molecular flexibility index (Phi) is 4.97. The molecule has 0 unspecified atom stereocenters. The topological polar surface area (TPSA) is 20.3 Å². The largest absolute Gasteiger partial charge is 0.298 e. The van der Waals surface area contributed by atoms with Gasteiger partial charge in [0.2, 0.25) is 0 Å². The number of carbonyl (C=O) groups excluding carboxylic acids is 1. The van der Waals surface area contributed by atoms with E-state index in [-0.39, 0.29) is 5.54 Å². The van der Waals surface area contributed by atoms with E-state index in [0.29, 0.717) is 11.7 Å². The van der Waals surface area contributed by atoms with Crippen molar-refractivity contribution in [2.75, 3.05) is 14.1 Å². The standard InChI is InChI=1S/C14H27NO/c1-12(2)8-9-13(16)14(15(3)4)10-6-5-7-11-14/h12H,5-11H2,1-4H3. The summed E-state index contributed by atoms with van der Waals surface area (Å²) >= 11 is 0. The first-order valence-electron chi connectivity index (χ1n) is 6.70. The highest BCUT2D eigenvalue weighted by molar-refractivity contribution is 5.88. The van der Waals surface area contributed by atoms with Crippen LogP contribution in [-0.4, -0.2) is 30.3 Å². The number of hydrogen-bond donors (Lipinski definition) is 0. The van der Waals surface area contributed by atoms with Crippen LogP contribution in [0.5, 0.6) is 0 Å². The summed E-state index contributed by atoms with van der Waals surface area (Å²) in [6, 6.07) is 0. The van der Waals surface area contributed by atoms with Crippen molar-refractivity contribution in [2.45, 2.75) is 64.3 Å². The number of ketones is 1. The Balaban J connectivity index is 2.65. The minimum absolute atomic E-state index is 0.132. The molecule has 0 atom stereocenters. The molecule has 0 radical (unpaired) electrons. The van der Waals surface area contributed by atoms with Gasteiger partial charge in [-0.2, -0.15) is 0 Å². The molecule has 1 saturated carbocycles. The molecule has 0 saturated heterocycles. The van der Waals surface area contributed by atoms with E-state index in [0.717, 1.165) is 25.7 Å². The molecular weight excluding hydrogens is 198 g/mol. The minimum atomic E-state index is -0.132. The Morgan fingerprint density at radius 3 is 2.19 bits per heavy atom. The maximum atomic E-state index is 12.4. The van der Waals surface area contributed by atoms with Crippen LogP contribution in [0.3, 0.4) is 0 Å². The third kappa shape index (κ3) is 3.07. The van der Waals surface area contributed by atoms with Crippen LogP contribution in [-0.2, 0) is 4.79 Å². The number of rotatable bonds is 5. The van der Waals surface area contributed by atoms with E-state index in [4.69, 9.17) is 0 Å². The highest BCUT2D eigenvalue weighted by atomic mass is 16.1. The predicted molar refractivity (Wildman–Crippen MR) is 68.6 cm³/mol. The summed E-state index contributed by atoms with van der Waals surface area (Å²) in [4.78, 5) is 14.6. The van der Waals surface area contributed by atoms with Crippen LogP contribution >= 0.6 is 0 Å². The minimum Gasteiger partial charge on any atom is -0.298 e. The SMILES string of the molecule is CC(C)CCC(=O)C1(N(C)C)CCCCC1. The zero-order valence-electron chi connectivity index (χ0n) is 11.4. The second kappa shape index (κ2) is 5.81. The molecule has 2 nitrogen and oxygen atoms in total. The quantitative estimate of drug-likeness (QED) is 0.716. The highest BCUT2D eigenvalue weighted by Gasteiger charge is 2.40. The van der Waals surface area contributed by atoms with Crippen LogP contribution in [0.15, 0.2) is 0 Å². The van der Waals surface area contributed by atoms with Gasteiger partial charge in [0, 0.05) is 6.42 Å². The Hall–Kier alpha value is -0.370. The van der Waals surface area contributed by atoms with Crippen molar-refractivity contribution in [3.8, 4) is 0 Å². The fraction of sp³-hybridized carbons (Fsp3) is 0.929. The molecule has 1 fully saturated rings. The summed E-state index contributed by atoms with van der Waals surface area (Å²) in [6.45, 7) is 4.38. The smallest absolute Gasteiger partial charge is 0.153 e. The molecule has 0 N–H and O–H groups in total. The summed E-state index contributed by atoms with van der Waals surface area (Å²) < 4.78 is 0. The van der Waals surface area contributed by atoms with Crippen molar-refractivity contribution >= 4 is 5.78 Å². The van der Waals surface area contributed by atoms with Crippen LogP contribution < -0.4 is 0 Å². The Labute approximate surface area is 100 Å². The van der Waals surface area contributed by atoms with Crippen LogP contribution in [0.2, 0.25) is 0 Å². The maximum Gasteiger partial charge on any atom is 0.153 e. The lowest BCUT2D eigenvalue weighted by atomic mass is 9.76. The van der Waals surface area contributed by atoms with Gasteiger partial charge >= 0.3 is 0 Å². The van der Waals surface area contributed by atoms with E-state index in [9.17, 15) is 4.79 Å². The van der Waals surface area contributed by atoms with Crippen LogP contribution in [0.4, 0.5) is 0 Å². The predicted octanol–water partition coefficient (Wildman–Crippen LogP) is 3.26. The van der Waals surface area contributed by atoms with Crippen molar-refractivity contribution in [1.29, 1.82) is 0 Å². The van der Waals surface area contributed by atoms with E-state index in [2.05, 4.69) is 32.8 Å². The number of Topliss-reactive ketones (excluding diaryl/α,β-unsaturated/α-hetero) is 1. The van der Waals surface area contributed by atoms with E-state index in [1.54, 1.807) is 0 Å². The van der Waals surface area contributed by atoms with E-state index in [1.807, 2.05) is 0 Å². The molecule has 0 bridgehead atoms. The zero-order valence-corrected chi connectivity index (χ0v) is 11.4. The van der Waals surface area contributed by atoms with Gasteiger partial charge in [0.15, 0.2) is 5.78 Å². The lowest BCUT2D eigenvalue weighted by Gasteiger charge is -2.41. The van der Waals surface area contributed by atoms with Gasteiger partial charge in [0.1, 0.15) is 0 Å². The third-order valence-corrected chi connectivity index (χ3v) is 4.00. The molecule has 0 heterocycles. The summed E-state index contributed by atoms with van der Waals surface area (Å²) in [5.74, 6) is 1.11. The van der Waals surface area contributed by atoms with E-state index < -0.39 is 0 Å². The first-order valence-corrected chi connectivity index (χ1v) is 6.70. The molecule has 1 aliphatic rings. The lowest BCUT2D eigenvalue weighted by molar-refractivity contribution is -0.132. The molecule has 0 aromatic rings. The third-order valence-electron chi connectivity index (χ3n) is 4.00. The van der Waals surface area contributed by atoms with Gasteiger partial charge < -0.3 is 0 Å². The van der Waals surface area contributed by atoms with Crippen molar-refractivity contribution < 1.29 is 4.79 Å². The molecule has 2 heteroatoms. The summed E-state index contributed by atoms with van der Waals surface area (Å²) in [6.07, 6.45) is 7.66. The molecule has 0 spiro atoms. The van der Waals surface area contributed by atoms with E-state index in [1.165, 1.54) is 19.3 Å². The molecule has 0 aromatic carbocycles. The van der Waals surface area contributed by atoms with Gasteiger partial charge in [0.25, 0.3) is 0 Å². The van der Waals surface area contributed by atoms with Crippen molar-refractivity contribution in [1.82, 2.24) is 4.90 Å². The van der Waals surface area contributed by atoms with Crippen molar-refractivity contribution in [2.24, 2.45) is 5.92 Å². The molecular formula is C14H27NO. The summed E-state index contributed by atoms with van der Waals surface area (Å²) in [5, 5.41) is 0. The summed E-state index contributed by atoms with van der Waals surface area (Å²) in [7, 11) is 4.14. The normalized spacial score (nSPS) is 20.4. The first-order chi connectivity index (χ1) is 7.49. The van der Waals surface area contributed by atoms with Gasteiger partial charge in [-0.1, -0.05) is 33.1 Å². The molecule has 94 valence electrons. The number of likely N-dealkylation sites (N-methyl/N-ethyl adjacent to an activating group) is 1. The van der Waals surface area contributed by atoms with Gasteiger partial charge in [-0.25, -0.2) is 0 Å². The first kappa shape index (κ1) is 13.7. The number of nitrogens with zero attached hydrogens (tertiary/aromatic N) is 1. The summed E-state index contributed by atoms with van der Waals surface area (Å²) in [5.41, 5.74) is -0.132. The average molecular weight is 225 g/mol. The molecule has 0 aromatic heterocycles. The molecule has 0 aliphatic heterocycles. The maximum absolute atomic E-state index is 12.4. The fourth-order valence-electron chi connectivity index (χ4n) is 2.76. The second-order valence-corrected chi connectivity index (χ2v) is 5.84. The lowest BCUT2D eigenvalue weighted by Crippen LogP contribution is -2.52. The molecule has 1 aliphatic carbocycles. The van der Waals surface area contributed by atoms with Crippen LogP contribution in [0.1, 0.15) is 58.8 Å². The molecule has 0 amide bonds. The van der Waals surface area contributed by atoms with Gasteiger partial charge in [-0.3, -0.25) is 9.69 Å².